The van der Waals surface area contributed by atoms with Crippen molar-refractivity contribution < 1.29 is 0 Å². The maximum absolute atomic E-state index is 4.92. The minimum atomic E-state index is 0.983. The fourth-order valence-electron chi connectivity index (χ4n) is 3.14. The monoisotopic (exact) mass is 339 g/mol. The summed E-state index contributed by atoms with van der Waals surface area (Å²) in [6, 6.07) is 27.1. The first-order valence-electron chi connectivity index (χ1n) is 8.75. The molecule has 4 aromatic rings. The summed E-state index contributed by atoms with van der Waals surface area (Å²) in [6.45, 7) is 2.10. The van der Waals surface area contributed by atoms with Gasteiger partial charge < -0.3 is 5.32 Å². The van der Waals surface area contributed by atoms with Crippen molar-refractivity contribution in [1.82, 2.24) is 9.78 Å². The third kappa shape index (κ3) is 3.00. The van der Waals surface area contributed by atoms with Crippen LogP contribution in [0.1, 0.15) is 5.56 Å². The normalized spacial score (nSPS) is 10.7. The highest BCUT2D eigenvalue weighted by Gasteiger charge is 2.16. The Kier molecular flexibility index (Phi) is 4.28. The van der Waals surface area contributed by atoms with Crippen molar-refractivity contribution in [1.29, 1.82) is 0 Å². The molecule has 0 saturated heterocycles. The maximum atomic E-state index is 4.92. The number of nitrogens with one attached hydrogen (secondary N) is 1. The largest absolute Gasteiger partial charge is 0.388 e. The van der Waals surface area contributed by atoms with Gasteiger partial charge in [-0.1, -0.05) is 66.2 Å². The van der Waals surface area contributed by atoms with Gasteiger partial charge in [0, 0.05) is 35.6 Å². The van der Waals surface area contributed by atoms with Gasteiger partial charge in [0.05, 0.1) is 5.69 Å². The second kappa shape index (κ2) is 6.89. The lowest BCUT2D eigenvalue weighted by Gasteiger charge is -2.09. The number of hydrogen-bond donors (Lipinski definition) is 1. The van der Waals surface area contributed by atoms with Crippen molar-refractivity contribution in [2.75, 3.05) is 12.4 Å². The Balaban J connectivity index is 1.94. The zero-order valence-electron chi connectivity index (χ0n) is 15.0. The first-order chi connectivity index (χ1) is 12.8. The highest BCUT2D eigenvalue weighted by molar-refractivity contribution is 5.87. The van der Waals surface area contributed by atoms with Gasteiger partial charge in [-0.3, -0.25) is 0 Å². The Labute approximate surface area is 153 Å². The Morgan fingerprint density at radius 2 is 1.46 bits per heavy atom. The van der Waals surface area contributed by atoms with E-state index in [2.05, 4.69) is 73.0 Å². The molecule has 0 fully saturated rings. The summed E-state index contributed by atoms with van der Waals surface area (Å²) in [7, 11) is 1.95. The molecule has 0 bridgehead atoms. The molecule has 0 saturated carbocycles. The van der Waals surface area contributed by atoms with E-state index >= 15 is 0 Å². The first kappa shape index (κ1) is 16.2. The first-order valence-corrected chi connectivity index (χ1v) is 8.75. The van der Waals surface area contributed by atoms with E-state index in [-0.39, 0.29) is 0 Å². The van der Waals surface area contributed by atoms with Crippen LogP contribution < -0.4 is 5.32 Å². The van der Waals surface area contributed by atoms with E-state index in [9.17, 15) is 0 Å². The van der Waals surface area contributed by atoms with E-state index in [1.54, 1.807) is 0 Å². The molecule has 0 aliphatic heterocycles. The van der Waals surface area contributed by atoms with Crippen LogP contribution >= 0.6 is 0 Å². The van der Waals surface area contributed by atoms with Crippen molar-refractivity contribution >= 4 is 5.69 Å². The summed E-state index contributed by atoms with van der Waals surface area (Å²) in [6.07, 6.45) is 2.11. The molecular formula is C23H21N3. The standard InChI is InChI=1S/C23H21N3/c1-17-12-14-18(15-13-17)23-21(20-10-6-7-11-22(20)24-2)16-26(25-23)19-8-4-3-5-9-19/h3-16,24H,1-2H3. The molecule has 0 atom stereocenters. The van der Waals surface area contributed by atoms with Gasteiger partial charge in [0.2, 0.25) is 0 Å². The third-order valence-electron chi connectivity index (χ3n) is 4.55. The van der Waals surface area contributed by atoms with Gasteiger partial charge >= 0.3 is 0 Å². The molecule has 3 aromatic carbocycles. The summed E-state index contributed by atoms with van der Waals surface area (Å²) < 4.78 is 1.96. The third-order valence-corrected chi connectivity index (χ3v) is 4.55. The SMILES string of the molecule is CNc1ccccc1-c1cn(-c2ccccc2)nc1-c1ccc(C)cc1. The van der Waals surface area contributed by atoms with Crippen LogP contribution in [0.25, 0.3) is 28.1 Å². The van der Waals surface area contributed by atoms with Gasteiger partial charge in [-0.2, -0.15) is 5.10 Å². The lowest BCUT2D eigenvalue weighted by molar-refractivity contribution is 0.884. The fraction of sp³-hybridized carbons (Fsp3) is 0.0870. The maximum Gasteiger partial charge on any atom is 0.101 e. The Hall–Kier alpha value is -3.33. The molecule has 3 nitrogen and oxygen atoms in total. The number of hydrogen-bond acceptors (Lipinski definition) is 2. The summed E-state index contributed by atoms with van der Waals surface area (Å²) in [5.74, 6) is 0. The average molecular weight is 339 g/mol. The number of para-hydroxylation sites is 2. The minimum Gasteiger partial charge on any atom is -0.388 e. The summed E-state index contributed by atoms with van der Waals surface area (Å²) in [5, 5.41) is 8.21. The van der Waals surface area contributed by atoms with Crippen molar-refractivity contribution in [3.05, 3.63) is 90.6 Å². The fourth-order valence-corrected chi connectivity index (χ4v) is 3.14. The Morgan fingerprint density at radius 1 is 0.769 bits per heavy atom. The van der Waals surface area contributed by atoms with Crippen molar-refractivity contribution in [3.8, 4) is 28.1 Å². The molecule has 0 radical (unpaired) electrons. The molecule has 26 heavy (non-hydrogen) atoms. The molecular weight excluding hydrogens is 318 g/mol. The van der Waals surface area contributed by atoms with Gasteiger partial charge in [0.1, 0.15) is 5.69 Å². The zero-order valence-corrected chi connectivity index (χ0v) is 15.0. The lowest BCUT2D eigenvalue weighted by Crippen LogP contribution is -1.93. The van der Waals surface area contributed by atoms with Gasteiger partial charge in [0.15, 0.2) is 0 Å². The molecule has 0 spiro atoms. The zero-order chi connectivity index (χ0) is 17.9. The highest BCUT2D eigenvalue weighted by atomic mass is 15.3. The molecule has 0 aliphatic rings. The smallest absolute Gasteiger partial charge is 0.101 e. The van der Waals surface area contributed by atoms with E-state index in [1.165, 1.54) is 5.56 Å². The van der Waals surface area contributed by atoms with Crippen molar-refractivity contribution in [2.24, 2.45) is 0 Å². The van der Waals surface area contributed by atoms with Crippen molar-refractivity contribution in [3.63, 3.8) is 0 Å². The molecule has 0 amide bonds. The van der Waals surface area contributed by atoms with Gasteiger partial charge in [-0.05, 0) is 25.1 Å². The number of anilines is 1. The van der Waals surface area contributed by atoms with Gasteiger partial charge in [0.25, 0.3) is 0 Å². The molecule has 1 N–H and O–H groups in total. The van der Waals surface area contributed by atoms with Gasteiger partial charge in [-0.25, -0.2) is 4.68 Å². The second-order valence-corrected chi connectivity index (χ2v) is 6.33. The molecule has 4 rings (SSSR count). The van der Waals surface area contributed by atoms with Crippen LogP contribution in [0.3, 0.4) is 0 Å². The van der Waals surface area contributed by atoms with E-state index < -0.39 is 0 Å². The summed E-state index contributed by atoms with van der Waals surface area (Å²) in [5.41, 5.74) is 7.74. The average Bonchev–Trinajstić information content (AvgIpc) is 3.14. The van der Waals surface area contributed by atoms with Crippen LogP contribution in [-0.4, -0.2) is 16.8 Å². The molecule has 0 aliphatic carbocycles. The summed E-state index contributed by atoms with van der Waals surface area (Å²) >= 11 is 0. The Morgan fingerprint density at radius 3 is 2.19 bits per heavy atom. The number of aryl methyl sites for hydroxylation is 1. The van der Waals surface area contributed by atoms with Crippen LogP contribution in [0.5, 0.6) is 0 Å². The van der Waals surface area contributed by atoms with E-state index in [0.29, 0.717) is 0 Å². The van der Waals surface area contributed by atoms with E-state index in [0.717, 1.165) is 33.8 Å². The predicted molar refractivity (Wildman–Crippen MR) is 109 cm³/mol. The second-order valence-electron chi connectivity index (χ2n) is 6.33. The molecule has 3 heteroatoms. The highest BCUT2D eigenvalue weighted by Crippen LogP contribution is 2.36. The van der Waals surface area contributed by atoms with Crippen LogP contribution in [0.4, 0.5) is 5.69 Å². The number of rotatable bonds is 4. The van der Waals surface area contributed by atoms with Crippen LogP contribution in [-0.2, 0) is 0 Å². The van der Waals surface area contributed by atoms with Crippen LogP contribution in [0, 0.1) is 6.92 Å². The Bertz CT molecular complexity index is 1020. The quantitative estimate of drug-likeness (QED) is 0.528. The van der Waals surface area contributed by atoms with E-state index in [1.807, 2.05) is 36.0 Å². The molecule has 1 heterocycles. The van der Waals surface area contributed by atoms with Crippen LogP contribution in [0.15, 0.2) is 85.1 Å². The predicted octanol–water partition coefficient (Wildman–Crippen LogP) is 5.56. The van der Waals surface area contributed by atoms with Gasteiger partial charge in [-0.15, -0.1) is 0 Å². The minimum absolute atomic E-state index is 0.983. The molecule has 128 valence electrons. The van der Waals surface area contributed by atoms with Crippen LogP contribution in [0.2, 0.25) is 0 Å². The van der Waals surface area contributed by atoms with E-state index in [4.69, 9.17) is 5.10 Å². The molecule has 0 unspecified atom stereocenters. The summed E-state index contributed by atoms with van der Waals surface area (Å²) in [4.78, 5) is 0. The number of benzene rings is 3. The number of nitrogens with zero attached hydrogens (tertiary/aromatic N) is 2. The number of aromatic nitrogens is 2. The molecule has 1 aromatic heterocycles. The lowest BCUT2D eigenvalue weighted by atomic mass is 10.00. The van der Waals surface area contributed by atoms with Crippen molar-refractivity contribution in [2.45, 2.75) is 6.92 Å². The topological polar surface area (TPSA) is 29.9 Å².